The highest BCUT2D eigenvalue weighted by molar-refractivity contribution is 7.26. The third kappa shape index (κ3) is 3.55. The summed E-state index contributed by atoms with van der Waals surface area (Å²) < 4.78 is 6.25. The quantitative estimate of drug-likeness (QED) is 0.190. The van der Waals surface area contributed by atoms with E-state index < -0.39 is 0 Å². The van der Waals surface area contributed by atoms with Crippen LogP contribution in [0.25, 0.3) is 101 Å². The normalized spacial score (nSPS) is 12.3. The lowest BCUT2D eigenvalue weighted by molar-refractivity contribution is 1.08. The highest BCUT2D eigenvalue weighted by Crippen LogP contribution is 2.44. The van der Waals surface area contributed by atoms with Gasteiger partial charge < -0.3 is 0 Å². The molecule has 0 aliphatic carbocycles. The van der Waals surface area contributed by atoms with Gasteiger partial charge in [0.2, 0.25) is 0 Å². The molecule has 0 unspecified atom stereocenters. The van der Waals surface area contributed by atoms with Gasteiger partial charge in [-0.15, -0.1) is 22.7 Å². The minimum absolute atomic E-state index is 0.744. The van der Waals surface area contributed by atoms with Crippen molar-refractivity contribution in [2.45, 2.75) is 0 Å². The molecule has 11 rings (SSSR count). The van der Waals surface area contributed by atoms with E-state index in [9.17, 15) is 0 Å². The minimum atomic E-state index is 0.744. The van der Waals surface area contributed by atoms with Crippen LogP contribution >= 0.6 is 22.7 Å². The average Bonchev–Trinajstić information content (AvgIpc) is 3.79. The first-order chi connectivity index (χ1) is 23.3. The number of hydrogen-bond donors (Lipinski definition) is 0. The van der Waals surface area contributed by atoms with Gasteiger partial charge in [0, 0.05) is 46.6 Å². The summed E-state index contributed by atoms with van der Waals surface area (Å²) in [5, 5.41) is 12.3. The van der Waals surface area contributed by atoms with Crippen LogP contribution in [-0.4, -0.2) is 14.5 Å². The lowest BCUT2D eigenvalue weighted by atomic mass is 10.0. The molecule has 0 amide bonds. The van der Waals surface area contributed by atoms with Crippen molar-refractivity contribution in [3.63, 3.8) is 0 Å². The maximum Gasteiger partial charge on any atom is 0.163 e. The Morgan fingerprint density at radius 2 is 1.15 bits per heavy atom. The van der Waals surface area contributed by atoms with Crippen LogP contribution in [0.3, 0.4) is 0 Å². The van der Waals surface area contributed by atoms with E-state index in [0.717, 1.165) is 43.8 Å². The maximum absolute atomic E-state index is 5.51. The van der Waals surface area contributed by atoms with Crippen molar-refractivity contribution in [3.8, 4) is 17.2 Å². The number of hydrogen-bond acceptors (Lipinski definition) is 4. The molecular weight excluding hydrogens is 611 g/mol. The summed E-state index contributed by atoms with van der Waals surface area (Å²) in [4.78, 5) is 11.8. The van der Waals surface area contributed by atoms with Crippen LogP contribution in [0, 0.1) is 0 Å². The lowest BCUT2D eigenvalue weighted by Crippen LogP contribution is -2.02. The van der Waals surface area contributed by atoms with Gasteiger partial charge >= 0.3 is 0 Å². The van der Waals surface area contributed by atoms with Crippen LogP contribution < -0.4 is 0 Å². The molecule has 4 aromatic heterocycles. The maximum atomic E-state index is 5.51. The Kier molecular flexibility index (Phi) is 5.14. The minimum Gasteiger partial charge on any atom is -0.293 e. The Morgan fingerprint density at radius 3 is 2.04 bits per heavy atom. The van der Waals surface area contributed by atoms with E-state index in [1.165, 1.54) is 57.2 Å². The molecular formula is C42H23N3S2. The number of thiophene rings is 2. The molecule has 4 heterocycles. The van der Waals surface area contributed by atoms with Gasteiger partial charge in [-0.25, -0.2) is 9.97 Å². The molecule has 3 nitrogen and oxygen atoms in total. The lowest BCUT2D eigenvalue weighted by Gasteiger charge is -2.12. The second-order valence-electron chi connectivity index (χ2n) is 12.2. The van der Waals surface area contributed by atoms with Gasteiger partial charge in [0.25, 0.3) is 0 Å². The Labute approximate surface area is 276 Å². The molecule has 7 aromatic carbocycles. The largest absolute Gasteiger partial charge is 0.293 e. The fourth-order valence-electron chi connectivity index (χ4n) is 7.55. The molecule has 0 aliphatic rings. The summed E-state index contributed by atoms with van der Waals surface area (Å²) in [6, 6.07) is 50.4. The summed E-state index contributed by atoms with van der Waals surface area (Å²) in [5.41, 5.74) is 3.34. The fraction of sp³-hybridized carbons (Fsp3) is 0. The van der Waals surface area contributed by atoms with E-state index in [0.29, 0.717) is 0 Å². The molecule has 0 atom stereocenters. The molecule has 11 aromatic rings. The van der Waals surface area contributed by atoms with Crippen LogP contribution in [0.5, 0.6) is 0 Å². The van der Waals surface area contributed by atoms with Gasteiger partial charge in [0.15, 0.2) is 11.6 Å². The van der Waals surface area contributed by atoms with E-state index in [2.05, 4.69) is 144 Å². The molecule has 0 radical (unpaired) electrons. The number of fused-ring (bicyclic) bond motifs is 12. The van der Waals surface area contributed by atoms with Gasteiger partial charge in [-0.1, -0.05) is 103 Å². The van der Waals surface area contributed by atoms with Crippen molar-refractivity contribution in [1.29, 1.82) is 0 Å². The molecule has 0 N–H and O–H groups in total. The second kappa shape index (κ2) is 9.46. The summed E-state index contributed by atoms with van der Waals surface area (Å²) >= 11 is 3.61. The molecule has 47 heavy (non-hydrogen) atoms. The predicted octanol–water partition coefficient (Wildman–Crippen LogP) is 12.3. The van der Waals surface area contributed by atoms with Gasteiger partial charge in [-0.3, -0.25) is 4.57 Å². The smallest absolute Gasteiger partial charge is 0.163 e. The second-order valence-corrected chi connectivity index (χ2v) is 14.3. The first-order valence-corrected chi connectivity index (χ1v) is 17.4. The van der Waals surface area contributed by atoms with E-state index in [1.807, 2.05) is 11.3 Å². The summed E-state index contributed by atoms with van der Waals surface area (Å²) in [5.74, 6) is 1.66. The number of para-hydroxylation sites is 1. The Hall–Kier alpha value is -5.62. The Bertz CT molecular complexity index is 3080. The van der Waals surface area contributed by atoms with Gasteiger partial charge in [-0.05, 0) is 57.9 Å². The third-order valence-electron chi connectivity index (χ3n) is 9.61. The Morgan fingerprint density at radius 1 is 0.426 bits per heavy atom. The molecule has 0 spiro atoms. The zero-order chi connectivity index (χ0) is 30.6. The molecule has 0 saturated carbocycles. The summed E-state index contributed by atoms with van der Waals surface area (Å²) in [7, 11) is 0. The van der Waals surface area contributed by atoms with Crippen molar-refractivity contribution in [2.75, 3.05) is 0 Å². The fourth-order valence-corrected chi connectivity index (χ4v) is 9.75. The molecule has 218 valence electrons. The number of benzene rings is 7. The van der Waals surface area contributed by atoms with E-state index in [-0.39, 0.29) is 0 Å². The van der Waals surface area contributed by atoms with Crippen LogP contribution in [-0.2, 0) is 0 Å². The van der Waals surface area contributed by atoms with Crippen LogP contribution in [0.15, 0.2) is 140 Å². The van der Waals surface area contributed by atoms with Crippen molar-refractivity contribution in [3.05, 3.63) is 140 Å². The van der Waals surface area contributed by atoms with Crippen LogP contribution in [0.2, 0.25) is 0 Å². The van der Waals surface area contributed by atoms with Gasteiger partial charge in [-0.2, -0.15) is 0 Å². The topological polar surface area (TPSA) is 30.7 Å². The third-order valence-corrected chi connectivity index (χ3v) is 11.8. The monoisotopic (exact) mass is 633 g/mol. The first-order valence-electron chi connectivity index (χ1n) is 15.8. The van der Waals surface area contributed by atoms with Gasteiger partial charge in [0.05, 0.1) is 16.4 Å². The highest BCUT2D eigenvalue weighted by Gasteiger charge is 2.22. The average molecular weight is 634 g/mol. The van der Waals surface area contributed by atoms with Crippen LogP contribution in [0.4, 0.5) is 0 Å². The SMILES string of the molecule is c1ccc2c(-c3nc(-n4c5ccccc5c5c6cc7c(cc6ccc54)sc4ccccc47)c4c(n3)sc3ccccc34)cccc2c1. The molecule has 0 bridgehead atoms. The van der Waals surface area contributed by atoms with E-state index in [4.69, 9.17) is 9.97 Å². The van der Waals surface area contributed by atoms with E-state index in [1.54, 1.807) is 11.3 Å². The summed E-state index contributed by atoms with van der Waals surface area (Å²) in [6.45, 7) is 0. The zero-order valence-corrected chi connectivity index (χ0v) is 26.6. The molecule has 0 fully saturated rings. The Balaban J connectivity index is 1.31. The van der Waals surface area contributed by atoms with Crippen molar-refractivity contribution < 1.29 is 0 Å². The molecule has 5 heteroatoms. The molecule has 0 saturated heterocycles. The predicted molar refractivity (Wildman–Crippen MR) is 203 cm³/mol. The van der Waals surface area contributed by atoms with Gasteiger partial charge in [0.1, 0.15) is 4.83 Å². The summed E-state index contributed by atoms with van der Waals surface area (Å²) in [6.07, 6.45) is 0. The van der Waals surface area contributed by atoms with E-state index >= 15 is 0 Å². The number of nitrogens with zero attached hydrogens (tertiary/aromatic N) is 3. The van der Waals surface area contributed by atoms with Crippen molar-refractivity contribution in [1.82, 2.24) is 14.5 Å². The van der Waals surface area contributed by atoms with Crippen LogP contribution in [0.1, 0.15) is 0 Å². The zero-order valence-electron chi connectivity index (χ0n) is 24.9. The first kappa shape index (κ1) is 25.6. The highest BCUT2D eigenvalue weighted by atomic mass is 32.1. The molecule has 0 aliphatic heterocycles. The number of aromatic nitrogens is 3. The standard InChI is InChI=1S/C42H23N3S2/c1-2-12-26-24(10-1)11-9-16-28(26)40-43-41(39-30-15-5-8-19-36(30)47-42(39)44-40)45-33-17-6-3-14-29(33)38-31-23-32-27-13-4-7-18-35(27)46-37(32)22-25(31)20-21-34(38)45/h1-23H. The van der Waals surface area contributed by atoms with Crippen molar-refractivity contribution >= 4 is 106 Å². The number of rotatable bonds is 2. The van der Waals surface area contributed by atoms with Crippen molar-refractivity contribution in [2.24, 2.45) is 0 Å².